The summed E-state index contributed by atoms with van der Waals surface area (Å²) in [6.45, 7) is 2.34. The molecule has 0 aliphatic heterocycles. The second kappa shape index (κ2) is 6.76. The molecule has 0 unspecified atom stereocenters. The number of nitrogens with zero attached hydrogens (tertiary/aromatic N) is 3. The monoisotopic (exact) mass is 346 g/mol. The quantitative estimate of drug-likeness (QED) is 0.546. The summed E-state index contributed by atoms with van der Waals surface area (Å²) >= 11 is 6.78. The summed E-state index contributed by atoms with van der Waals surface area (Å²) in [5.41, 5.74) is 0.784. The number of aromatic hydroxyl groups is 1. The first-order valence-electron chi connectivity index (χ1n) is 6.90. The van der Waals surface area contributed by atoms with Gasteiger partial charge < -0.3 is 9.84 Å². The number of nitrogens with one attached hydrogen (secondary N) is 1. The van der Waals surface area contributed by atoms with Crippen molar-refractivity contribution in [2.75, 3.05) is 6.61 Å². The van der Waals surface area contributed by atoms with Gasteiger partial charge >= 0.3 is 0 Å². The van der Waals surface area contributed by atoms with Gasteiger partial charge in [-0.2, -0.15) is 14.9 Å². The molecule has 2 N–H and O–H groups in total. The van der Waals surface area contributed by atoms with Gasteiger partial charge in [0.2, 0.25) is 4.77 Å². The van der Waals surface area contributed by atoms with Crippen LogP contribution in [0, 0.1) is 4.77 Å². The molecule has 6 nitrogen and oxygen atoms in total. The molecule has 0 saturated carbocycles. The first kappa shape index (κ1) is 15.4. The summed E-state index contributed by atoms with van der Waals surface area (Å²) in [6.07, 6.45) is 1.64. The normalized spacial score (nSPS) is 11.2. The topological polar surface area (TPSA) is 75.4 Å². The Morgan fingerprint density at radius 2 is 2.35 bits per heavy atom. The molecule has 2 aromatic heterocycles. The first-order chi connectivity index (χ1) is 11.2. The standard InChI is InChI=1S/C15H14N4O2S2/c1-2-21-12-8-10(5-6-11(12)20)9-16-19-14(17-18-15(19)22)13-4-3-7-23-13/h3-9,20H,2H2,1H3,(H,18,22). The van der Waals surface area contributed by atoms with Crippen molar-refractivity contribution >= 4 is 29.8 Å². The van der Waals surface area contributed by atoms with E-state index in [-0.39, 0.29) is 5.75 Å². The van der Waals surface area contributed by atoms with Crippen LogP contribution in [0.2, 0.25) is 0 Å². The van der Waals surface area contributed by atoms with Gasteiger partial charge in [-0.3, -0.25) is 0 Å². The van der Waals surface area contributed by atoms with E-state index in [0.717, 1.165) is 10.4 Å². The molecule has 23 heavy (non-hydrogen) atoms. The molecule has 0 saturated heterocycles. The summed E-state index contributed by atoms with van der Waals surface area (Å²) in [5.74, 6) is 1.18. The van der Waals surface area contributed by atoms with Crippen LogP contribution in [0.25, 0.3) is 10.7 Å². The average molecular weight is 346 g/mol. The van der Waals surface area contributed by atoms with Crippen molar-refractivity contribution in [2.24, 2.45) is 5.10 Å². The van der Waals surface area contributed by atoms with E-state index in [1.807, 2.05) is 24.4 Å². The molecule has 0 spiro atoms. The van der Waals surface area contributed by atoms with Gasteiger partial charge in [0, 0.05) is 0 Å². The van der Waals surface area contributed by atoms with E-state index in [2.05, 4.69) is 15.3 Å². The van der Waals surface area contributed by atoms with E-state index < -0.39 is 0 Å². The lowest BCUT2D eigenvalue weighted by atomic mass is 10.2. The van der Waals surface area contributed by atoms with Crippen molar-refractivity contribution in [2.45, 2.75) is 6.92 Å². The lowest BCUT2D eigenvalue weighted by molar-refractivity contribution is 0.318. The van der Waals surface area contributed by atoms with Gasteiger partial charge in [-0.05, 0) is 54.4 Å². The lowest BCUT2D eigenvalue weighted by Gasteiger charge is -2.06. The molecule has 8 heteroatoms. The van der Waals surface area contributed by atoms with E-state index in [4.69, 9.17) is 17.0 Å². The first-order valence-corrected chi connectivity index (χ1v) is 8.19. The number of ether oxygens (including phenoxy) is 1. The van der Waals surface area contributed by atoms with Crippen LogP contribution in [0.1, 0.15) is 12.5 Å². The van der Waals surface area contributed by atoms with Crippen molar-refractivity contribution in [3.63, 3.8) is 0 Å². The Balaban J connectivity index is 1.94. The summed E-state index contributed by atoms with van der Waals surface area (Å²) in [5, 5.41) is 23.0. The number of thiophene rings is 1. The van der Waals surface area contributed by atoms with Crippen LogP contribution in [0.5, 0.6) is 11.5 Å². The predicted molar refractivity (Wildman–Crippen MR) is 93.0 cm³/mol. The maximum atomic E-state index is 9.73. The molecular weight excluding hydrogens is 332 g/mol. The highest BCUT2D eigenvalue weighted by Crippen LogP contribution is 2.26. The largest absolute Gasteiger partial charge is 0.504 e. The Morgan fingerprint density at radius 3 is 3.09 bits per heavy atom. The van der Waals surface area contributed by atoms with Gasteiger partial charge in [-0.25, -0.2) is 5.10 Å². The Labute approximate surface area is 141 Å². The fourth-order valence-corrected chi connectivity index (χ4v) is 2.85. The number of H-pyrrole nitrogens is 1. The van der Waals surface area contributed by atoms with Crippen LogP contribution >= 0.6 is 23.6 Å². The zero-order valence-electron chi connectivity index (χ0n) is 12.3. The SMILES string of the molecule is CCOc1cc(C=Nn2c(-c3cccs3)n[nH]c2=S)ccc1O. The van der Waals surface area contributed by atoms with Gasteiger partial charge in [-0.1, -0.05) is 6.07 Å². The Kier molecular flexibility index (Phi) is 4.54. The fraction of sp³-hybridized carbons (Fsp3) is 0.133. The third kappa shape index (κ3) is 3.33. The minimum absolute atomic E-state index is 0.100. The molecule has 3 aromatic rings. The second-order valence-corrected chi connectivity index (χ2v) is 5.88. The number of rotatable bonds is 5. The maximum absolute atomic E-state index is 9.73. The Morgan fingerprint density at radius 1 is 1.48 bits per heavy atom. The Hall–Kier alpha value is -2.45. The van der Waals surface area contributed by atoms with Crippen LogP contribution < -0.4 is 4.74 Å². The number of hydrogen-bond donors (Lipinski definition) is 2. The molecule has 0 atom stereocenters. The molecule has 2 heterocycles. The number of phenols is 1. The zero-order chi connectivity index (χ0) is 16.2. The number of aromatic amines is 1. The second-order valence-electron chi connectivity index (χ2n) is 4.55. The van der Waals surface area contributed by atoms with Crippen molar-refractivity contribution < 1.29 is 9.84 Å². The van der Waals surface area contributed by atoms with Crippen LogP contribution in [0.3, 0.4) is 0 Å². The molecule has 0 aliphatic rings. The molecule has 0 aliphatic carbocycles. The molecule has 118 valence electrons. The van der Waals surface area contributed by atoms with Crippen molar-refractivity contribution in [1.29, 1.82) is 0 Å². The molecule has 1 aromatic carbocycles. The third-order valence-electron chi connectivity index (χ3n) is 3.00. The van der Waals surface area contributed by atoms with E-state index in [1.165, 1.54) is 0 Å². The number of hydrogen-bond acceptors (Lipinski definition) is 6. The van der Waals surface area contributed by atoms with E-state index in [1.54, 1.807) is 40.4 Å². The summed E-state index contributed by atoms with van der Waals surface area (Å²) in [7, 11) is 0. The van der Waals surface area contributed by atoms with Crippen LogP contribution in [0.4, 0.5) is 0 Å². The fourth-order valence-electron chi connectivity index (χ4n) is 1.97. The van der Waals surface area contributed by atoms with Gasteiger partial charge in [0.25, 0.3) is 0 Å². The van der Waals surface area contributed by atoms with Gasteiger partial charge in [-0.15, -0.1) is 11.3 Å². The van der Waals surface area contributed by atoms with Gasteiger partial charge in [0.15, 0.2) is 17.3 Å². The smallest absolute Gasteiger partial charge is 0.216 e. The molecule has 3 rings (SSSR count). The highest BCUT2D eigenvalue weighted by Gasteiger charge is 2.09. The molecular formula is C15H14N4O2S2. The maximum Gasteiger partial charge on any atom is 0.216 e. The van der Waals surface area contributed by atoms with Crippen molar-refractivity contribution in [3.8, 4) is 22.2 Å². The molecule has 0 bridgehead atoms. The van der Waals surface area contributed by atoms with Crippen molar-refractivity contribution in [3.05, 3.63) is 46.0 Å². The minimum atomic E-state index is 0.100. The number of phenolic OH excluding ortho intramolecular Hbond substituents is 1. The number of benzene rings is 1. The zero-order valence-corrected chi connectivity index (χ0v) is 13.9. The third-order valence-corrected chi connectivity index (χ3v) is 4.13. The van der Waals surface area contributed by atoms with E-state index in [0.29, 0.717) is 23.0 Å². The van der Waals surface area contributed by atoms with Crippen LogP contribution in [-0.2, 0) is 0 Å². The minimum Gasteiger partial charge on any atom is -0.504 e. The summed E-state index contributed by atoms with van der Waals surface area (Å²) in [6, 6.07) is 8.93. The highest BCUT2D eigenvalue weighted by molar-refractivity contribution is 7.71. The van der Waals surface area contributed by atoms with Gasteiger partial charge in [0.05, 0.1) is 17.7 Å². The lowest BCUT2D eigenvalue weighted by Crippen LogP contribution is -1.95. The summed E-state index contributed by atoms with van der Waals surface area (Å²) < 4.78 is 7.34. The molecule has 0 radical (unpaired) electrons. The Bertz CT molecular complexity index is 881. The van der Waals surface area contributed by atoms with Crippen molar-refractivity contribution in [1.82, 2.24) is 14.9 Å². The number of aromatic nitrogens is 3. The van der Waals surface area contributed by atoms with E-state index in [9.17, 15) is 5.11 Å². The van der Waals surface area contributed by atoms with E-state index >= 15 is 0 Å². The van der Waals surface area contributed by atoms with Crippen LogP contribution in [0.15, 0.2) is 40.8 Å². The summed E-state index contributed by atoms with van der Waals surface area (Å²) in [4.78, 5) is 0.968. The van der Waals surface area contributed by atoms with Crippen LogP contribution in [-0.4, -0.2) is 32.8 Å². The molecule has 0 amide bonds. The predicted octanol–water partition coefficient (Wildman–Crippen LogP) is 3.66. The van der Waals surface area contributed by atoms with Gasteiger partial charge in [0.1, 0.15) is 0 Å². The highest BCUT2D eigenvalue weighted by atomic mass is 32.1. The molecule has 0 fully saturated rings. The average Bonchev–Trinajstić information content (AvgIpc) is 3.18.